The van der Waals surface area contributed by atoms with Gasteiger partial charge in [0.25, 0.3) is 0 Å². The molecule has 4 rings (SSSR count). The fraction of sp³-hybridized carbons (Fsp3) is 0.478. The van der Waals surface area contributed by atoms with Crippen molar-refractivity contribution in [2.24, 2.45) is 4.99 Å². The van der Waals surface area contributed by atoms with Crippen LogP contribution in [0.1, 0.15) is 43.0 Å². The van der Waals surface area contributed by atoms with Crippen molar-refractivity contribution in [2.45, 2.75) is 38.1 Å². The van der Waals surface area contributed by atoms with Gasteiger partial charge in [-0.15, -0.1) is 0 Å². The third-order valence-corrected chi connectivity index (χ3v) is 5.54. The lowest BCUT2D eigenvalue weighted by atomic mass is 10.0. The van der Waals surface area contributed by atoms with E-state index < -0.39 is 0 Å². The second-order valence-corrected chi connectivity index (χ2v) is 7.70. The molecule has 2 N–H and O–H groups in total. The number of aliphatic imine (C=N–C) groups is 1. The average molecular weight is 411 g/mol. The predicted octanol–water partition coefficient (Wildman–Crippen LogP) is 2.89. The Kier molecular flexibility index (Phi) is 6.90. The number of amides is 1. The molecular weight excluding hydrogens is 380 g/mol. The molecule has 1 fully saturated rings. The smallest absolute Gasteiger partial charge is 0.222 e. The number of rotatable bonds is 8. The molecule has 0 aliphatic carbocycles. The zero-order chi connectivity index (χ0) is 20.6. The number of furan rings is 1. The molecule has 160 valence electrons. The number of benzene rings is 1. The Labute approximate surface area is 177 Å². The van der Waals surface area contributed by atoms with Crippen LogP contribution < -0.4 is 15.4 Å². The van der Waals surface area contributed by atoms with Crippen LogP contribution in [0.4, 0.5) is 0 Å². The van der Waals surface area contributed by atoms with E-state index >= 15 is 0 Å². The van der Waals surface area contributed by atoms with Gasteiger partial charge < -0.3 is 24.7 Å². The molecule has 3 heterocycles. The number of ether oxygens (including phenoxy) is 1. The van der Waals surface area contributed by atoms with Gasteiger partial charge in [0.05, 0.1) is 18.9 Å². The highest BCUT2D eigenvalue weighted by Crippen LogP contribution is 2.31. The van der Waals surface area contributed by atoms with Crippen molar-refractivity contribution in [1.29, 1.82) is 0 Å². The van der Waals surface area contributed by atoms with Crippen molar-refractivity contribution in [1.82, 2.24) is 15.5 Å². The van der Waals surface area contributed by atoms with E-state index in [9.17, 15) is 4.79 Å². The zero-order valence-corrected chi connectivity index (χ0v) is 17.3. The van der Waals surface area contributed by atoms with Gasteiger partial charge in [-0.2, -0.15) is 0 Å². The van der Waals surface area contributed by atoms with Gasteiger partial charge in [0, 0.05) is 51.0 Å². The fourth-order valence-corrected chi connectivity index (χ4v) is 3.96. The summed E-state index contributed by atoms with van der Waals surface area (Å²) in [6.45, 7) is 3.75. The Balaban J connectivity index is 1.35. The number of guanidine groups is 1. The minimum Gasteiger partial charge on any atom is -0.493 e. The van der Waals surface area contributed by atoms with Crippen molar-refractivity contribution in [3.63, 3.8) is 0 Å². The predicted molar refractivity (Wildman–Crippen MR) is 116 cm³/mol. The van der Waals surface area contributed by atoms with Crippen LogP contribution in [0.25, 0.3) is 0 Å². The first-order chi connectivity index (χ1) is 14.8. The minimum atomic E-state index is 0.157. The summed E-state index contributed by atoms with van der Waals surface area (Å²) in [6, 6.07) is 12.2. The van der Waals surface area contributed by atoms with E-state index in [-0.39, 0.29) is 11.9 Å². The number of likely N-dealkylation sites (tertiary alicyclic amines) is 1. The Bertz CT molecular complexity index is 850. The first kappa shape index (κ1) is 20.3. The number of carbonyl (C=O) groups excluding carboxylic acids is 1. The zero-order valence-electron chi connectivity index (χ0n) is 17.3. The van der Waals surface area contributed by atoms with Gasteiger partial charge in [0.15, 0.2) is 5.96 Å². The average Bonchev–Trinajstić information content (AvgIpc) is 3.43. The molecule has 1 saturated heterocycles. The van der Waals surface area contributed by atoms with E-state index in [1.54, 1.807) is 6.26 Å². The molecule has 1 atom stereocenters. The Morgan fingerprint density at radius 1 is 1.23 bits per heavy atom. The number of carbonyl (C=O) groups is 1. The van der Waals surface area contributed by atoms with Gasteiger partial charge >= 0.3 is 0 Å². The highest BCUT2D eigenvalue weighted by Gasteiger charge is 2.22. The number of fused-ring (bicyclic) bond motifs is 1. The van der Waals surface area contributed by atoms with Crippen molar-refractivity contribution >= 4 is 11.9 Å². The SMILES string of the molecule is O=C1CCCN1CCCN=C(NCCc1ccco1)NC1CCOc2ccccc21. The van der Waals surface area contributed by atoms with Crippen LogP contribution in [0.2, 0.25) is 0 Å². The van der Waals surface area contributed by atoms with Crippen LogP contribution in [0.5, 0.6) is 5.75 Å². The summed E-state index contributed by atoms with van der Waals surface area (Å²) in [5.41, 5.74) is 1.16. The number of hydrogen-bond acceptors (Lipinski definition) is 4. The van der Waals surface area contributed by atoms with Crippen LogP contribution in [-0.2, 0) is 11.2 Å². The Morgan fingerprint density at radius 2 is 2.17 bits per heavy atom. The van der Waals surface area contributed by atoms with Gasteiger partial charge in [-0.05, 0) is 31.0 Å². The van der Waals surface area contributed by atoms with Crippen LogP contribution in [0.3, 0.4) is 0 Å². The lowest BCUT2D eigenvalue weighted by Gasteiger charge is -2.28. The van der Waals surface area contributed by atoms with Crippen LogP contribution >= 0.6 is 0 Å². The second-order valence-electron chi connectivity index (χ2n) is 7.70. The van der Waals surface area contributed by atoms with E-state index in [4.69, 9.17) is 14.1 Å². The lowest BCUT2D eigenvalue weighted by Crippen LogP contribution is -2.42. The number of hydrogen-bond donors (Lipinski definition) is 2. The summed E-state index contributed by atoms with van der Waals surface area (Å²) in [5.74, 6) is 2.94. The molecular formula is C23H30N4O3. The summed E-state index contributed by atoms with van der Waals surface area (Å²) >= 11 is 0. The maximum atomic E-state index is 11.8. The van der Waals surface area contributed by atoms with E-state index in [1.165, 1.54) is 0 Å². The van der Waals surface area contributed by atoms with Gasteiger partial charge in [0.2, 0.25) is 5.91 Å². The second kappa shape index (κ2) is 10.2. The van der Waals surface area contributed by atoms with E-state index in [0.29, 0.717) is 19.6 Å². The quantitative estimate of drug-likeness (QED) is 0.397. The monoisotopic (exact) mass is 410 g/mol. The topological polar surface area (TPSA) is 79.1 Å². The van der Waals surface area contributed by atoms with Crippen molar-refractivity contribution in [3.8, 4) is 5.75 Å². The van der Waals surface area contributed by atoms with E-state index in [2.05, 4.69) is 16.7 Å². The van der Waals surface area contributed by atoms with E-state index in [1.807, 2.05) is 35.2 Å². The maximum Gasteiger partial charge on any atom is 0.222 e. The maximum absolute atomic E-state index is 11.8. The molecule has 0 radical (unpaired) electrons. The Morgan fingerprint density at radius 3 is 3.00 bits per heavy atom. The van der Waals surface area contributed by atoms with Crippen LogP contribution in [0.15, 0.2) is 52.1 Å². The molecule has 2 aliphatic heterocycles. The molecule has 0 bridgehead atoms. The standard InChI is InChI=1S/C23H30N4O3/c28-22-9-3-14-27(22)15-5-12-24-23(25-13-10-18-6-4-16-29-18)26-20-11-17-30-21-8-2-1-7-19(20)21/h1-2,4,6-8,16,20H,3,5,9-15,17H2,(H2,24,25,26). The third kappa shape index (κ3) is 5.34. The highest BCUT2D eigenvalue weighted by molar-refractivity contribution is 5.80. The minimum absolute atomic E-state index is 0.157. The molecule has 2 aromatic rings. The molecule has 0 spiro atoms. The van der Waals surface area contributed by atoms with Crippen molar-refractivity contribution in [3.05, 3.63) is 54.0 Å². The Hall–Kier alpha value is -2.96. The van der Waals surface area contributed by atoms with Gasteiger partial charge in [-0.1, -0.05) is 18.2 Å². The molecule has 30 heavy (non-hydrogen) atoms. The lowest BCUT2D eigenvalue weighted by molar-refractivity contribution is -0.127. The molecule has 1 unspecified atom stereocenters. The first-order valence-electron chi connectivity index (χ1n) is 10.9. The summed E-state index contributed by atoms with van der Waals surface area (Å²) in [6.07, 6.45) is 5.90. The molecule has 1 amide bonds. The molecule has 1 aromatic heterocycles. The largest absolute Gasteiger partial charge is 0.493 e. The summed E-state index contributed by atoms with van der Waals surface area (Å²) < 4.78 is 11.2. The first-order valence-corrected chi connectivity index (χ1v) is 10.9. The molecule has 1 aromatic carbocycles. The summed E-state index contributed by atoms with van der Waals surface area (Å²) in [4.78, 5) is 18.5. The highest BCUT2D eigenvalue weighted by atomic mass is 16.5. The van der Waals surface area contributed by atoms with Gasteiger partial charge in [0.1, 0.15) is 11.5 Å². The molecule has 7 nitrogen and oxygen atoms in total. The van der Waals surface area contributed by atoms with Crippen LogP contribution in [-0.4, -0.2) is 49.6 Å². The fourth-order valence-electron chi connectivity index (χ4n) is 3.96. The summed E-state index contributed by atoms with van der Waals surface area (Å²) in [7, 11) is 0. The van der Waals surface area contributed by atoms with Crippen molar-refractivity contribution in [2.75, 3.05) is 32.8 Å². The molecule has 7 heteroatoms. The normalized spacial score (nSPS) is 18.8. The number of nitrogens with zero attached hydrogens (tertiary/aromatic N) is 2. The molecule has 0 saturated carbocycles. The number of para-hydroxylation sites is 1. The van der Waals surface area contributed by atoms with E-state index in [0.717, 1.165) is 68.4 Å². The third-order valence-electron chi connectivity index (χ3n) is 5.54. The van der Waals surface area contributed by atoms with Gasteiger partial charge in [-0.25, -0.2) is 0 Å². The van der Waals surface area contributed by atoms with Gasteiger partial charge in [-0.3, -0.25) is 9.79 Å². The van der Waals surface area contributed by atoms with Crippen molar-refractivity contribution < 1.29 is 13.9 Å². The molecule has 2 aliphatic rings. The number of nitrogens with one attached hydrogen (secondary N) is 2. The van der Waals surface area contributed by atoms with Crippen LogP contribution in [0, 0.1) is 0 Å². The summed E-state index contributed by atoms with van der Waals surface area (Å²) in [5, 5.41) is 7.01.